The molecule has 0 unspecified atom stereocenters. The summed E-state index contributed by atoms with van der Waals surface area (Å²) in [5, 5.41) is 4.37. The molecule has 7 heteroatoms. The summed E-state index contributed by atoms with van der Waals surface area (Å²) < 4.78 is 27.0. The second-order valence-corrected chi connectivity index (χ2v) is 8.25. The Morgan fingerprint density at radius 1 is 1.12 bits per heavy atom. The minimum absolute atomic E-state index is 0.133. The molecular formula is C19H22N2O3S2. The van der Waals surface area contributed by atoms with Gasteiger partial charge in [-0.15, -0.1) is 0 Å². The number of sulfonamides is 1. The van der Waals surface area contributed by atoms with E-state index in [2.05, 4.69) is 10.0 Å². The molecule has 2 N–H and O–H groups in total. The summed E-state index contributed by atoms with van der Waals surface area (Å²) in [5.41, 5.74) is 0.433. The van der Waals surface area contributed by atoms with Gasteiger partial charge in [-0.25, -0.2) is 13.1 Å². The van der Waals surface area contributed by atoms with Crippen molar-refractivity contribution in [2.75, 3.05) is 11.9 Å². The molecule has 0 bridgehead atoms. The monoisotopic (exact) mass is 390 g/mol. The van der Waals surface area contributed by atoms with Gasteiger partial charge in [0.2, 0.25) is 15.9 Å². The van der Waals surface area contributed by atoms with E-state index in [0.717, 1.165) is 17.7 Å². The molecule has 0 radical (unpaired) electrons. The molecule has 2 rings (SSSR count). The highest BCUT2D eigenvalue weighted by molar-refractivity contribution is 8.02. The maximum atomic E-state index is 12.2. The van der Waals surface area contributed by atoms with Crippen LogP contribution in [0.2, 0.25) is 0 Å². The molecule has 0 saturated heterocycles. The van der Waals surface area contributed by atoms with Gasteiger partial charge in [0.15, 0.2) is 0 Å². The zero-order valence-corrected chi connectivity index (χ0v) is 16.1. The average molecular weight is 391 g/mol. The molecule has 0 saturated carbocycles. The molecule has 0 aliphatic rings. The number of hydrogen-bond donors (Lipinski definition) is 2. The van der Waals surface area contributed by atoms with E-state index in [4.69, 9.17) is 0 Å². The number of benzene rings is 2. The number of amides is 1. The van der Waals surface area contributed by atoms with Crippen molar-refractivity contribution >= 4 is 33.4 Å². The van der Waals surface area contributed by atoms with Crippen LogP contribution in [0.3, 0.4) is 0 Å². The topological polar surface area (TPSA) is 75.3 Å². The fourth-order valence-electron chi connectivity index (χ4n) is 2.07. The van der Waals surface area contributed by atoms with Gasteiger partial charge in [-0.3, -0.25) is 4.79 Å². The average Bonchev–Trinajstić information content (AvgIpc) is 2.63. The summed E-state index contributed by atoms with van der Waals surface area (Å²) in [6.07, 6.45) is 3.10. The lowest BCUT2D eigenvalue weighted by molar-refractivity contribution is -0.111. The molecule has 0 aliphatic heterocycles. The number of rotatable bonds is 9. The zero-order chi connectivity index (χ0) is 18.8. The van der Waals surface area contributed by atoms with Crippen LogP contribution < -0.4 is 10.0 Å². The minimum Gasteiger partial charge on any atom is -0.322 e. The first-order valence-corrected chi connectivity index (χ1v) is 10.7. The summed E-state index contributed by atoms with van der Waals surface area (Å²) in [6.45, 7) is 2.39. The molecule has 0 fully saturated rings. The number of carbonyl (C=O) groups is 1. The van der Waals surface area contributed by atoms with Crippen molar-refractivity contribution in [3.63, 3.8) is 0 Å². The summed E-state index contributed by atoms with van der Waals surface area (Å²) in [7, 11) is -3.57. The van der Waals surface area contributed by atoms with Gasteiger partial charge < -0.3 is 5.32 Å². The molecule has 5 nitrogen and oxygen atoms in total. The van der Waals surface area contributed by atoms with Crippen molar-refractivity contribution in [1.29, 1.82) is 0 Å². The molecule has 1 amide bonds. The Kier molecular flexibility index (Phi) is 7.90. The van der Waals surface area contributed by atoms with Crippen LogP contribution in [0.1, 0.15) is 19.8 Å². The second kappa shape index (κ2) is 10.2. The number of thioether (sulfide) groups is 1. The SMILES string of the molecule is CCCCNS(=O)(=O)c1cccc(NC(=O)/C=C/Sc2ccccc2)c1. The molecule has 138 valence electrons. The highest BCUT2D eigenvalue weighted by Crippen LogP contribution is 2.19. The lowest BCUT2D eigenvalue weighted by atomic mass is 10.3. The van der Waals surface area contributed by atoms with Crippen LogP contribution >= 0.6 is 11.8 Å². The number of hydrogen-bond acceptors (Lipinski definition) is 4. The Balaban J connectivity index is 1.96. The Hall–Kier alpha value is -2.09. The van der Waals surface area contributed by atoms with Gasteiger partial charge in [-0.1, -0.05) is 49.4 Å². The first kappa shape index (κ1) is 20.2. The van der Waals surface area contributed by atoms with Crippen molar-refractivity contribution in [1.82, 2.24) is 4.72 Å². The first-order valence-electron chi connectivity index (χ1n) is 8.30. The van der Waals surface area contributed by atoms with E-state index in [1.165, 1.54) is 30.0 Å². The Morgan fingerprint density at radius 2 is 1.88 bits per heavy atom. The van der Waals surface area contributed by atoms with E-state index >= 15 is 0 Å². The molecule has 0 aliphatic carbocycles. The lowest BCUT2D eigenvalue weighted by Gasteiger charge is -2.08. The predicted octanol–water partition coefficient (Wildman–Crippen LogP) is 4.01. The van der Waals surface area contributed by atoms with Crippen LogP contribution in [0.5, 0.6) is 0 Å². The third-order valence-electron chi connectivity index (χ3n) is 3.40. The molecule has 0 spiro atoms. The zero-order valence-electron chi connectivity index (χ0n) is 14.5. The first-order chi connectivity index (χ1) is 12.5. The highest BCUT2D eigenvalue weighted by Gasteiger charge is 2.13. The van der Waals surface area contributed by atoms with Crippen LogP contribution in [-0.2, 0) is 14.8 Å². The fourth-order valence-corrected chi connectivity index (χ4v) is 3.85. The number of carbonyl (C=O) groups excluding carboxylic acids is 1. The molecule has 0 atom stereocenters. The Labute approximate surface area is 158 Å². The van der Waals surface area contributed by atoms with Crippen molar-refractivity contribution < 1.29 is 13.2 Å². The summed E-state index contributed by atoms with van der Waals surface area (Å²) in [6, 6.07) is 15.9. The van der Waals surface area contributed by atoms with Gasteiger partial charge in [0, 0.05) is 23.2 Å². The van der Waals surface area contributed by atoms with Crippen molar-refractivity contribution in [3.05, 3.63) is 66.1 Å². The molecule has 0 aromatic heterocycles. The largest absolute Gasteiger partial charge is 0.322 e. The van der Waals surface area contributed by atoms with Crippen LogP contribution in [0, 0.1) is 0 Å². The maximum Gasteiger partial charge on any atom is 0.248 e. The van der Waals surface area contributed by atoms with Crippen LogP contribution in [0.15, 0.2) is 75.9 Å². The van der Waals surface area contributed by atoms with Gasteiger partial charge in [-0.2, -0.15) is 0 Å². The Bertz CT molecular complexity index is 850. The third kappa shape index (κ3) is 6.67. The number of nitrogens with one attached hydrogen (secondary N) is 2. The smallest absolute Gasteiger partial charge is 0.248 e. The van der Waals surface area contributed by atoms with Gasteiger partial charge in [0.05, 0.1) is 4.90 Å². The standard InChI is InChI=1S/C19H22N2O3S2/c1-2-3-13-20-26(23,24)18-11-7-8-16(15-18)21-19(22)12-14-25-17-9-5-4-6-10-17/h4-12,14-15,20H,2-3,13H2,1H3,(H,21,22)/b14-12+. The molecule has 26 heavy (non-hydrogen) atoms. The van der Waals surface area contributed by atoms with Crippen molar-refractivity contribution in [2.45, 2.75) is 29.6 Å². The molecule has 2 aromatic rings. The van der Waals surface area contributed by atoms with Crippen LogP contribution in [0.25, 0.3) is 0 Å². The van der Waals surface area contributed by atoms with Gasteiger partial charge in [-0.05, 0) is 42.2 Å². The number of unbranched alkanes of at least 4 members (excludes halogenated alkanes) is 1. The van der Waals surface area contributed by atoms with E-state index in [9.17, 15) is 13.2 Å². The van der Waals surface area contributed by atoms with Gasteiger partial charge >= 0.3 is 0 Å². The highest BCUT2D eigenvalue weighted by atomic mass is 32.2. The van der Waals surface area contributed by atoms with Gasteiger partial charge in [0.1, 0.15) is 0 Å². The Morgan fingerprint density at radius 3 is 2.62 bits per heavy atom. The lowest BCUT2D eigenvalue weighted by Crippen LogP contribution is -2.24. The van der Waals surface area contributed by atoms with E-state index in [1.807, 2.05) is 37.3 Å². The van der Waals surface area contributed by atoms with Crippen LogP contribution in [-0.4, -0.2) is 20.9 Å². The fraction of sp³-hybridized carbons (Fsp3) is 0.211. The summed E-state index contributed by atoms with van der Waals surface area (Å²) in [5.74, 6) is -0.318. The third-order valence-corrected chi connectivity index (χ3v) is 5.68. The van der Waals surface area contributed by atoms with E-state index in [0.29, 0.717) is 12.2 Å². The molecule has 2 aromatic carbocycles. The quantitative estimate of drug-likeness (QED) is 0.385. The van der Waals surface area contributed by atoms with E-state index in [-0.39, 0.29) is 10.8 Å². The van der Waals surface area contributed by atoms with Gasteiger partial charge in [0.25, 0.3) is 0 Å². The van der Waals surface area contributed by atoms with Crippen LogP contribution in [0.4, 0.5) is 5.69 Å². The second-order valence-electron chi connectivity index (χ2n) is 5.50. The molecule has 0 heterocycles. The summed E-state index contributed by atoms with van der Waals surface area (Å²) in [4.78, 5) is 13.2. The van der Waals surface area contributed by atoms with E-state index < -0.39 is 10.0 Å². The van der Waals surface area contributed by atoms with Crippen molar-refractivity contribution in [3.8, 4) is 0 Å². The minimum atomic E-state index is -3.57. The number of anilines is 1. The summed E-state index contributed by atoms with van der Waals surface area (Å²) >= 11 is 1.43. The molecular weight excluding hydrogens is 368 g/mol. The normalized spacial score (nSPS) is 11.6. The predicted molar refractivity (Wildman–Crippen MR) is 107 cm³/mol. The maximum absolute atomic E-state index is 12.2. The van der Waals surface area contributed by atoms with E-state index in [1.54, 1.807) is 17.5 Å². The van der Waals surface area contributed by atoms with Crippen molar-refractivity contribution in [2.24, 2.45) is 0 Å².